The third kappa shape index (κ3) is 3.65. The van der Waals surface area contributed by atoms with Gasteiger partial charge in [0.25, 0.3) is 0 Å². The van der Waals surface area contributed by atoms with Crippen LogP contribution in [-0.4, -0.2) is 0 Å². The lowest BCUT2D eigenvalue weighted by atomic mass is 9.72. The van der Waals surface area contributed by atoms with Crippen molar-refractivity contribution in [3.8, 4) is 56.0 Å². The molecule has 2 heterocycles. The van der Waals surface area contributed by atoms with Crippen LogP contribution in [0.1, 0.15) is 48.3 Å². The van der Waals surface area contributed by atoms with Gasteiger partial charge in [0.1, 0.15) is 23.7 Å². The molecule has 6 aromatic carbocycles. The molecule has 0 bridgehead atoms. The predicted molar refractivity (Wildman–Crippen MR) is 173 cm³/mol. The smallest absolute Gasteiger partial charge is 0.128 e. The van der Waals surface area contributed by atoms with Gasteiger partial charge in [-0.05, 0) is 72.9 Å². The molecule has 0 aromatic heterocycles. The number of ether oxygens (including phenoxy) is 2. The van der Waals surface area contributed by atoms with E-state index in [4.69, 9.17) is 9.47 Å². The van der Waals surface area contributed by atoms with Gasteiger partial charge in [-0.3, -0.25) is 0 Å². The molecule has 0 saturated heterocycles. The van der Waals surface area contributed by atoms with Gasteiger partial charge in [0, 0.05) is 33.4 Å². The Balaban J connectivity index is 1.64. The molecule has 0 radical (unpaired) electrons. The summed E-state index contributed by atoms with van der Waals surface area (Å²) in [6, 6.07) is 39.4. The highest BCUT2D eigenvalue weighted by Gasteiger charge is 2.39. The average Bonchev–Trinajstić information content (AvgIpc) is 3.01. The van der Waals surface area contributed by atoms with Gasteiger partial charge in [-0.2, -0.15) is 0 Å². The van der Waals surface area contributed by atoms with Crippen molar-refractivity contribution < 1.29 is 9.47 Å². The number of fused-ring (bicyclic) bond motifs is 9. The van der Waals surface area contributed by atoms with Crippen LogP contribution in [0.2, 0.25) is 0 Å². The number of rotatable bonds is 2. The first-order valence-corrected chi connectivity index (χ1v) is 14.8. The molecule has 2 aliphatic rings. The Morgan fingerprint density at radius 1 is 0.452 bits per heavy atom. The monoisotopic (exact) mass is 544 g/mol. The molecular formula is C40H32O2. The van der Waals surface area contributed by atoms with Crippen molar-refractivity contribution in [1.82, 2.24) is 0 Å². The summed E-state index contributed by atoms with van der Waals surface area (Å²) in [6.45, 7) is 8.69. The minimum atomic E-state index is -0.148. The van der Waals surface area contributed by atoms with E-state index in [1.54, 1.807) is 0 Å². The van der Waals surface area contributed by atoms with Crippen LogP contribution in [0.4, 0.5) is 0 Å². The highest BCUT2D eigenvalue weighted by Crippen LogP contribution is 2.60. The molecule has 0 N–H and O–H groups in total. The largest absolute Gasteiger partial charge is 0.485 e. The summed E-state index contributed by atoms with van der Waals surface area (Å²) < 4.78 is 13.6. The van der Waals surface area contributed by atoms with Crippen LogP contribution in [0.25, 0.3) is 55.3 Å². The first kappa shape index (κ1) is 24.9. The lowest BCUT2D eigenvalue weighted by Gasteiger charge is -2.38. The van der Waals surface area contributed by atoms with E-state index >= 15 is 0 Å². The van der Waals surface area contributed by atoms with Gasteiger partial charge in [-0.25, -0.2) is 0 Å². The van der Waals surface area contributed by atoms with Crippen molar-refractivity contribution >= 4 is 10.8 Å². The molecule has 6 aromatic rings. The third-order valence-corrected chi connectivity index (χ3v) is 8.98. The summed E-state index contributed by atoms with van der Waals surface area (Å²) in [5, 5.41) is 2.42. The number of para-hydroxylation sites is 1. The lowest BCUT2D eigenvalue weighted by molar-refractivity contribution is 0.219. The Bertz CT molecular complexity index is 2020. The Hall–Kier alpha value is -4.82. The molecule has 2 atom stereocenters. The lowest BCUT2D eigenvalue weighted by Crippen LogP contribution is -2.20. The molecule has 0 fully saturated rings. The SMILES string of the molecule is Cc1ccc(-c2c(-c3ccc(C)cc3)c3c(c4c2[C@@H](C)Oc2ccccc2-4)-c2c(ccc4ccccc24)O[C@@H]3C)cc1. The second kappa shape index (κ2) is 9.36. The first-order valence-electron chi connectivity index (χ1n) is 14.8. The fourth-order valence-corrected chi connectivity index (χ4v) is 7.06. The van der Waals surface area contributed by atoms with Crippen molar-refractivity contribution in [3.05, 3.63) is 131 Å². The van der Waals surface area contributed by atoms with Gasteiger partial charge in [0.15, 0.2) is 0 Å². The zero-order valence-electron chi connectivity index (χ0n) is 24.4. The van der Waals surface area contributed by atoms with Crippen LogP contribution < -0.4 is 9.47 Å². The summed E-state index contributed by atoms with van der Waals surface area (Å²) >= 11 is 0. The number of benzene rings is 6. The van der Waals surface area contributed by atoms with Gasteiger partial charge < -0.3 is 9.47 Å². The maximum atomic E-state index is 6.84. The Morgan fingerprint density at radius 3 is 1.67 bits per heavy atom. The third-order valence-electron chi connectivity index (χ3n) is 8.98. The minimum Gasteiger partial charge on any atom is -0.485 e. The zero-order chi connectivity index (χ0) is 28.5. The van der Waals surface area contributed by atoms with E-state index in [0.717, 1.165) is 17.1 Å². The Morgan fingerprint density at radius 2 is 1.00 bits per heavy atom. The van der Waals surface area contributed by atoms with Crippen LogP contribution in [0.15, 0.2) is 109 Å². The summed E-state index contributed by atoms with van der Waals surface area (Å²) in [5.74, 6) is 1.86. The maximum absolute atomic E-state index is 6.84. The van der Waals surface area contributed by atoms with E-state index in [1.807, 2.05) is 0 Å². The van der Waals surface area contributed by atoms with E-state index in [2.05, 4.69) is 137 Å². The van der Waals surface area contributed by atoms with E-state index in [-0.39, 0.29) is 12.2 Å². The number of aryl methyl sites for hydroxylation is 2. The number of hydrogen-bond donors (Lipinski definition) is 0. The van der Waals surface area contributed by atoms with Gasteiger partial charge in [0.05, 0.1) is 0 Å². The fourth-order valence-electron chi connectivity index (χ4n) is 7.06. The normalized spacial score (nSPS) is 16.5. The highest BCUT2D eigenvalue weighted by atomic mass is 16.5. The van der Waals surface area contributed by atoms with E-state index in [9.17, 15) is 0 Å². The molecule has 0 unspecified atom stereocenters. The topological polar surface area (TPSA) is 18.5 Å². The summed E-state index contributed by atoms with van der Waals surface area (Å²) in [5.41, 5.74) is 14.7. The van der Waals surface area contributed by atoms with Crippen molar-refractivity contribution in [2.45, 2.75) is 39.9 Å². The molecule has 0 amide bonds. The fraction of sp³-hybridized carbons (Fsp3) is 0.150. The summed E-state index contributed by atoms with van der Waals surface area (Å²) in [4.78, 5) is 0. The molecule has 8 rings (SSSR count). The van der Waals surface area contributed by atoms with Crippen molar-refractivity contribution in [2.24, 2.45) is 0 Å². The van der Waals surface area contributed by atoms with Gasteiger partial charge in [-0.15, -0.1) is 0 Å². The quantitative estimate of drug-likeness (QED) is 0.216. The molecule has 2 aliphatic heterocycles. The van der Waals surface area contributed by atoms with E-state index < -0.39 is 0 Å². The van der Waals surface area contributed by atoms with Crippen molar-refractivity contribution in [2.75, 3.05) is 0 Å². The van der Waals surface area contributed by atoms with E-state index in [1.165, 1.54) is 72.0 Å². The summed E-state index contributed by atoms with van der Waals surface area (Å²) in [6.07, 6.45) is -0.290. The first-order chi connectivity index (χ1) is 20.5. The van der Waals surface area contributed by atoms with Crippen molar-refractivity contribution in [3.63, 3.8) is 0 Å². The van der Waals surface area contributed by atoms with Crippen molar-refractivity contribution in [1.29, 1.82) is 0 Å². The molecule has 0 spiro atoms. The van der Waals surface area contributed by atoms with Gasteiger partial charge >= 0.3 is 0 Å². The van der Waals surface area contributed by atoms with Crippen LogP contribution in [0.3, 0.4) is 0 Å². The highest BCUT2D eigenvalue weighted by molar-refractivity contribution is 6.10. The molecule has 204 valence electrons. The summed E-state index contributed by atoms with van der Waals surface area (Å²) in [7, 11) is 0. The van der Waals surface area contributed by atoms with Crippen LogP contribution in [-0.2, 0) is 0 Å². The predicted octanol–water partition coefficient (Wildman–Crippen LogP) is 11.0. The maximum Gasteiger partial charge on any atom is 0.128 e. The zero-order valence-corrected chi connectivity index (χ0v) is 24.4. The van der Waals surface area contributed by atoms with E-state index in [0.29, 0.717) is 0 Å². The standard InChI is InChI=1S/C40H32O2/c1-23-13-17-28(18-14-23)36-34-25(3)41-32-12-8-7-11-31(32)39(34)40-35(37(36)29-19-15-24(2)16-20-29)26(4)42-33-22-21-27-9-5-6-10-30(27)38(33)40/h5-22,25-26H,1-4H3/t25-,26-/m1/s1. The van der Waals surface area contributed by atoms with Gasteiger partial charge in [-0.1, -0.05) is 108 Å². The Labute approximate surface area is 247 Å². The number of hydrogen-bond acceptors (Lipinski definition) is 2. The minimum absolute atomic E-state index is 0.141. The molecule has 42 heavy (non-hydrogen) atoms. The molecule has 0 aliphatic carbocycles. The molecule has 0 saturated carbocycles. The molecule has 2 nitrogen and oxygen atoms in total. The van der Waals surface area contributed by atoms with Crippen LogP contribution in [0.5, 0.6) is 11.5 Å². The Kier molecular flexibility index (Phi) is 5.55. The van der Waals surface area contributed by atoms with Gasteiger partial charge in [0.2, 0.25) is 0 Å². The molecule has 2 heteroatoms. The average molecular weight is 545 g/mol. The molecular weight excluding hydrogens is 512 g/mol. The second-order valence-corrected chi connectivity index (χ2v) is 11.7. The van der Waals surface area contributed by atoms with Crippen LogP contribution in [0, 0.1) is 13.8 Å². The second-order valence-electron chi connectivity index (χ2n) is 11.7. The van der Waals surface area contributed by atoms with Crippen LogP contribution >= 0.6 is 0 Å².